The van der Waals surface area contributed by atoms with Gasteiger partial charge in [-0.15, -0.1) is 12.6 Å². The van der Waals surface area contributed by atoms with Gasteiger partial charge in [0.25, 0.3) is 0 Å². The first-order valence-electron chi connectivity index (χ1n) is 4.57. The lowest BCUT2D eigenvalue weighted by Gasteiger charge is -2.10. The molecule has 0 radical (unpaired) electrons. The minimum absolute atomic E-state index is 0.141. The van der Waals surface area contributed by atoms with Crippen molar-refractivity contribution in [1.82, 2.24) is 0 Å². The lowest BCUT2D eigenvalue weighted by Crippen LogP contribution is -1.96. The molecule has 1 aromatic rings. The molecule has 0 aliphatic carbocycles. The second-order valence-corrected chi connectivity index (χ2v) is 3.99. The van der Waals surface area contributed by atoms with Crippen LogP contribution in [0.4, 0.5) is 4.39 Å². The fourth-order valence-corrected chi connectivity index (χ4v) is 1.69. The van der Waals surface area contributed by atoms with Crippen molar-refractivity contribution in [2.75, 3.05) is 0 Å². The third kappa shape index (κ3) is 2.25. The number of rotatable bonds is 2. The lowest BCUT2D eigenvalue weighted by atomic mass is 9.99. The highest BCUT2D eigenvalue weighted by atomic mass is 32.1. The molecule has 0 saturated heterocycles. The molecule has 1 rings (SSSR count). The topological polar surface area (TPSA) is 0 Å². The average molecular weight is 198 g/mol. The Morgan fingerprint density at radius 3 is 2.46 bits per heavy atom. The van der Waals surface area contributed by atoms with Gasteiger partial charge in [-0.25, -0.2) is 4.39 Å². The summed E-state index contributed by atoms with van der Waals surface area (Å²) >= 11 is 4.22. The number of aryl methyl sites for hydroxylation is 1. The predicted molar refractivity (Wildman–Crippen MR) is 57.1 cm³/mol. The van der Waals surface area contributed by atoms with Gasteiger partial charge in [0.2, 0.25) is 0 Å². The maximum absolute atomic E-state index is 13.4. The molecule has 0 N–H and O–H groups in total. The first-order chi connectivity index (χ1) is 6.06. The molecule has 13 heavy (non-hydrogen) atoms. The van der Waals surface area contributed by atoms with Crippen LogP contribution in [-0.4, -0.2) is 0 Å². The van der Waals surface area contributed by atoms with Crippen LogP contribution in [0.3, 0.4) is 0 Å². The van der Waals surface area contributed by atoms with Crippen molar-refractivity contribution in [3.05, 3.63) is 29.1 Å². The first-order valence-corrected chi connectivity index (χ1v) is 5.02. The molecule has 0 nitrogen and oxygen atoms in total. The molecule has 0 heterocycles. The van der Waals surface area contributed by atoms with Crippen LogP contribution in [0.5, 0.6) is 0 Å². The molecular weight excluding hydrogens is 183 g/mol. The van der Waals surface area contributed by atoms with E-state index >= 15 is 0 Å². The van der Waals surface area contributed by atoms with E-state index in [0.29, 0.717) is 0 Å². The fraction of sp³-hybridized carbons (Fsp3) is 0.455. The summed E-state index contributed by atoms with van der Waals surface area (Å²) < 4.78 is 13.4. The van der Waals surface area contributed by atoms with E-state index in [-0.39, 0.29) is 11.7 Å². The number of halogens is 1. The molecule has 72 valence electrons. The van der Waals surface area contributed by atoms with E-state index in [0.717, 1.165) is 22.4 Å². The Morgan fingerprint density at radius 2 is 2.00 bits per heavy atom. The second kappa shape index (κ2) is 4.14. The van der Waals surface area contributed by atoms with E-state index in [1.165, 1.54) is 6.07 Å². The molecule has 0 atom stereocenters. The summed E-state index contributed by atoms with van der Waals surface area (Å²) in [6.07, 6.45) is 0.902. The van der Waals surface area contributed by atoms with E-state index in [1.807, 2.05) is 19.9 Å². The van der Waals surface area contributed by atoms with E-state index in [1.54, 1.807) is 0 Å². The van der Waals surface area contributed by atoms with Gasteiger partial charge >= 0.3 is 0 Å². The lowest BCUT2D eigenvalue weighted by molar-refractivity contribution is 0.593. The smallest absolute Gasteiger partial charge is 0.127 e. The van der Waals surface area contributed by atoms with Gasteiger partial charge in [-0.3, -0.25) is 0 Å². The van der Waals surface area contributed by atoms with Gasteiger partial charge in [0.05, 0.1) is 0 Å². The summed E-state index contributed by atoms with van der Waals surface area (Å²) in [6, 6.07) is 3.43. The van der Waals surface area contributed by atoms with Crippen molar-refractivity contribution in [3.8, 4) is 0 Å². The fourth-order valence-electron chi connectivity index (χ4n) is 1.35. The Kier molecular flexibility index (Phi) is 3.37. The highest BCUT2D eigenvalue weighted by Crippen LogP contribution is 2.24. The Morgan fingerprint density at radius 1 is 1.38 bits per heavy atom. The highest BCUT2D eigenvalue weighted by molar-refractivity contribution is 7.80. The standard InChI is InChI=1S/C11H15FS/c1-4-8-5-9(7(2)3)10(12)6-11(8)13/h5-7,13H,4H2,1-3H3. The van der Waals surface area contributed by atoms with Crippen molar-refractivity contribution in [2.24, 2.45) is 0 Å². The Balaban J connectivity index is 3.22. The maximum atomic E-state index is 13.4. The van der Waals surface area contributed by atoms with E-state index < -0.39 is 0 Å². The zero-order valence-electron chi connectivity index (χ0n) is 8.26. The summed E-state index contributed by atoms with van der Waals surface area (Å²) in [6.45, 7) is 6.04. The number of hydrogen-bond acceptors (Lipinski definition) is 1. The van der Waals surface area contributed by atoms with Crippen molar-refractivity contribution >= 4 is 12.6 Å². The van der Waals surface area contributed by atoms with Crippen molar-refractivity contribution < 1.29 is 4.39 Å². The summed E-state index contributed by atoms with van der Waals surface area (Å²) in [4.78, 5) is 0.754. The largest absolute Gasteiger partial charge is 0.207 e. The van der Waals surface area contributed by atoms with Crippen molar-refractivity contribution in [2.45, 2.75) is 38.0 Å². The zero-order chi connectivity index (χ0) is 10.0. The predicted octanol–water partition coefficient (Wildman–Crippen LogP) is 3.80. The SMILES string of the molecule is CCc1cc(C(C)C)c(F)cc1S. The molecular formula is C11H15FS. The molecule has 0 fully saturated rings. The molecule has 0 spiro atoms. The molecule has 0 unspecified atom stereocenters. The minimum atomic E-state index is -0.141. The average Bonchev–Trinajstić information content (AvgIpc) is 2.03. The van der Waals surface area contributed by atoms with Crippen LogP contribution in [0.2, 0.25) is 0 Å². The Hall–Kier alpha value is -0.500. The van der Waals surface area contributed by atoms with Gasteiger partial charge in [-0.2, -0.15) is 0 Å². The zero-order valence-corrected chi connectivity index (χ0v) is 9.16. The Bertz CT molecular complexity index is 305. The van der Waals surface area contributed by atoms with Crippen LogP contribution in [-0.2, 0) is 6.42 Å². The molecule has 2 heteroatoms. The number of thiol groups is 1. The van der Waals surface area contributed by atoms with Crippen LogP contribution >= 0.6 is 12.6 Å². The van der Waals surface area contributed by atoms with Gasteiger partial charge in [0, 0.05) is 4.90 Å². The summed E-state index contributed by atoms with van der Waals surface area (Å²) in [5.41, 5.74) is 1.91. The normalized spacial score (nSPS) is 10.9. The van der Waals surface area contributed by atoms with Crippen LogP contribution in [0.1, 0.15) is 37.8 Å². The molecule has 0 bridgehead atoms. The monoisotopic (exact) mass is 198 g/mol. The third-order valence-corrected chi connectivity index (χ3v) is 2.62. The van der Waals surface area contributed by atoms with Gasteiger partial charge in [-0.05, 0) is 29.5 Å². The van der Waals surface area contributed by atoms with Gasteiger partial charge in [0.15, 0.2) is 0 Å². The molecule has 0 saturated carbocycles. The minimum Gasteiger partial charge on any atom is -0.207 e. The Labute approximate surface area is 84.6 Å². The first kappa shape index (κ1) is 10.6. The maximum Gasteiger partial charge on any atom is 0.127 e. The molecule has 0 aliphatic heterocycles. The molecule has 1 aromatic carbocycles. The summed E-state index contributed by atoms with van der Waals surface area (Å²) in [7, 11) is 0. The van der Waals surface area contributed by atoms with E-state index in [4.69, 9.17) is 0 Å². The van der Waals surface area contributed by atoms with Gasteiger partial charge in [0.1, 0.15) is 5.82 Å². The second-order valence-electron chi connectivity index (χ2n) is 3.51. The van der Waals surface area contributed by atoms with Crippen LogP contribution in [0, 0.1) is 5.82 Å². The highest BCUT2D eigenvalue weighted by Gasteiger charge is 2.09. The van der Waals surface area contributed by atoms with Crippen LogP contribution < -0.4 is 0 Å². The van der Waals surface area contributed by atoms with Crippen LogP contribution in [0.15, 0.2) is 17.0 Å². The third-order valence-electron chi connectivity index (χ3n) is 2.20. The van der Waals surface area contributed by atoms with Crippen LogP contribution in [0.25, 0.3) is 0 Å². The van der Waals surface area contributed by atoms with E-state index in [2.05, 4.69) is 19.6 Å². The van der Waals surface area contributed by atoms with Crippen molar-refractivity contribution in [1.29, 1.82) is 0 Å². The summed E-state index contributed by atoms with van der Waals surface area (Å²) in [5.74, 6) is 0.0939. The van der Waals surface area contributed by atoms with Crippen molar-refractivity contribution in [3.63, 3.8) is 0 Å². The van der Waals surface area contributed by atoms with Gasteiger partial charge in [-0.1, -0.05) is 26.8 Å². The molecule has 0 aromatic heterocycles. The molecule has 0 aliphatic rings. The van der Waals surface area contributed by atoms with E-state index in [9.17, 15) is 4.39 Å². The number of benzene rings is 1. The number of hydrogen-bond donors (Lipinski definition) is 1. The quantitative estimate of drug-likeness (QED) is 0.686. The molecule has 0 amide bonds. The summed E-state index contributed by atoms with van der Waals surface area (Å²) in [5, 5.41) is 0. The van der Waals surface area contributed by atoms with Gasteiger partial charge < -0.3 is 0 Å².